The van der Waals surface area contributed by atoms with Crippen LogP contribution in [-0.2, 0) is 0 Å². The third kappa shape index (κ3) is 3.29. The van der Waals surface area contributed by atoms with E-state index in [-0.39, 0.29) is 12.0 Å². The molecule has 1 aliphatic rings. The van der Waals surface area contributed by atoms with Gasteiger partial charge in [0.05, 0.1) is 17.4 Å². The number of rotatable bonds is 4. The van der Waals surface area contributed by atoms with Gasteiger partial charge in [0.15, 0.2) is 0 Å². The summed E-state index contributed by atoms with van der Waals surface area (Å²) in [6, 6.07) is 12.9. The van der Waals surface area contributed by atoms with Crippen LogP contribution >= 0.6 is 0 Å². The highest BCUT2D eigenvalue weighted by molar-refractivity contribution is 6.05. The first-order valence-electron chi connectivity index (χ1n) is 8.50. The van der Waals surface area contributed by atoms with Crippen LogP contribution < -0.4 is 10.2 Å². The van der Waals surface area contributed by atoms with Crippen LogP contribution in [0, 0.1) is 0 Å². The second-order valence-corrected chi connectivity index (χ2v) is 6.27. The lowest BCUT2D eigenvalue weighted by Gasteiger charge is -2.20. The number of hydrogen-bond acceptors (Lipinski definition) is 5. The standard InChI is InChI=1S/C19H19N5O2/c25-15-7-9-24(12-15)18-16(17-6-8-21-23-17)10-13(11-20-18)19(26)22-14-4-2-1-3-5-14/h1-6,8,10-11,15,25H,7,9,12H2,(H,21,23)(H,22,26)/t15-/m1/s1. The minimum atomic E-state index is -0.354. The maximum absolute atomic E-state index is 12.6. The number of aliphatic hydroxyl groups excluding tert-OH is 1. The smallest absolute Gasteiger partial charge is 0.257 e. The first kappa shape index (κ1) is 16.3. The maximum atomic E-state index is 12.6. The number of benzene rings is 1. The number of para-hydroxylation sites is 1. The van der Waals surface area contributed by atoms with Gasteiger partial charge in [-0.15, -0.1) is 0 Å². The molecule has 7 nitrogen and oxygen atoms in total. The summed E-state index contributed by atoms with van der Waals surface area (Å²) in [4.78, 5) is 19.1. The van der Waals surface area contributed by atoms with Crippen molar-refractivity contribution in [3.8, 4) is 11.3 Å². The second kappa shape index (κ2) is 6.97. The lowest BCUT2D eigenvalue weighted by Crippen LogP contribution is -2.23. The summed E-state index contributed by atoms with van der Waals surface area (Å²) in [5.41, 5.74) is 2.76. The molecule has 1 fully saturated rings. The van der Waals surface area contributed by atoms with Gasteiger partial charge in [0.25, 0.3) is 5.91 Å². The van der Waals surface area contributed by atoms with Crippen LogP contribution in [0.3, 0.4) is 0 Å². The van der Waals surface area contributed by atoms with Crippen LogP contribution in [0.2, 0.25) is 0 Å². The molecule has 3 N–H and O–H groups in total. The number of amides is 1. The predicted molar refractivity (Wildman–Crippen MR) is 99.1 cm³/mol. The lowest BCUT2D eigenvalue weighted by molar-refractivity contribution is 0.102. The second-order valence-electron chi connectivity index (χ2n) is 6.27. The zero-order chi connectivity index (χ0) is 17.9. The van der Waals surface area contributed by atoms with Crippen LogP contribution in [0.15, 0.2) is 54.9 Å². The fourth-order valence-electron chi connectivity index (χ4n) is 3.10. The van der Waals surface area contributed by atoms with Crippen molar-refractivity contribution in [1.82, 2.24) is 15.2 Å². The van der Waals surface area contributed by atoms with Crippen molar-refractivity contribution < 1.29 is 9.90 Å². The molecule has 0 spiro atoms. The van der Waals surface area contributed by atoms with E-state index in [1.54, 1.807) is 18.5 Å². The van der Waals surface area contributed by atoms with Crippen LogP contribution in [0.1, 0.15) is 16.8 Å². The maximum Gasteiger partial charge on any atom is 0.257 e. The molecule has 0 radical (unpaired) electrons. The Hall–Kier alpha value is -3.19. The fraction of sp³-hybridized carbons (Fsp3) is 0.211. The van der Waals surface area contributed by atoms with Crippen molar-refractivity contribution in [2.24, 2.45) is 0 Å². The SMILES string of the molecule is O=C(Nc1ccccc1)c1cnc(N2CC[C@@H](O)C2)c(-c2ccn[nH]2)c1. The van der Waals surface area contributed by atoms with E-state index in [0.29, 0.717) is 18.5 Å². The number of aromatic nitrogens is 3. The van der Waals surface area contributed by atoms with Gasteiger partial charge in [-0.05, 0) is 30.7 Å². The molecule has 3 aromatic rings. The number of H-pyrrole nitrogens is 1. The molecule has 0 aliphatic carbocycles. The van der Waals surface area contributed by atoms with E-state index in [9.17, 15) is 9.90 Å². The van der Waals surface area contributed by atoms with Crippen molar-refractivity contribution in [3.05, 3.63) is 60.4 Å². The first-order valence-corrected chi connectivity index (χ1v) is 8.50. The van der Waals surface area contributed by atoms with Crippen molar-refractivity contribution in [2.45, 2.75) is 12.5 Å². The summed E-state index contributed by atoms with van der Waals surface area (Å²) in [6.07, 6.45) is 3.58. The van der Waals surface area contributed by atoms with Gasteiger partial charge in [0.1, 0.15) is 5.82 Å². The molecule has 1 aromatic carbocycles. The summed E-state index contributed by atoms with van der Waals surface area (Å²) in [7, 11) is 0. The van der Waals surface area contributed by atoms with E-state index in [2.05, 4.69) is 20.5 Å². The van der Waals surface area contributed by atoms with E-state index < -0.39 is 0 Å². The third-order valence-corrected chi connectivity index (χ3v) is 4.41. The molecule has 0 bridgehead atoms. The van der Waals surface area contributed by atoms with Crippen LogP contribution in [-0.4, -0.2) is 45.4 Å². The Morgan fingerprint density at radius 3 is 2.81 bits per heavy atom. The molecular formula is C19H19N5O2. The normalized spacial score (nSPS) is 16.7. The Morgan fingerprint density at radius 2 is 2.12 bits per heavy atom. The predicted octanol–water partition coefficient (Wildman–Crippen LogP) is 2.29. The molecule has 0 saturated carbocycles. The quantitative estimate of drug-likeness (QED) is 0.672. The Bertz CT molecular complexity index is 896. The summed E-state index contributed by atoms with van der Waals surface area (Å²) < 4.78 is 0. The number of aromatic amines is 1. The molecule has 26 heavy (non-hydrogen) atoms. The van der Waals surface area contributed by atoms with Gasteiger partial charge in [-0.1, -0.05) is 18.2 Å². The molecule has 2 aromatic heterocycles. The number of β-amino-alcohol motifs (C(OH)–C–C–N with tert-alkyl or cyclic N) is 1. The van der Waals surface area contributed by atoms with Gasteiger partial charge in [0, 0.05) is 36.7 Å². The zero-order valence-electron chi connectivity index (χ0n) is 14.1. The Balaban J connectivity index is 1.67. The molecular weight excluding hydrogens is 330 g/mol. The summed E-state index contributed by atoms with van der Waals surface area (Å²) in [5.74, 6) is 0.513. The molecule has 0 unspecified atom stereocenters. The third-order valence-electron chi connectivity index (χ3n) is 4.41. The molecule has 132 valence electrons. The fourth-order valence-corrected chi connectivity index (χ4v) is 3.10. The molecule has 1 amide bonds. The van der Waals surface area contributed by atoms with E-state index in [1.165, 1.54) is 0 Å². The topological polar surface area (TPSA) is 94.1 Å². The largest absolute Gasteiger partial charge is 0.391 e. The summed E-state index contributed by atoms with van der Waals surface area (Å²) >= 11 is 0. The Morgan fingerprint density at radius 1 is 1.27 bits per heavy atom. The van der Waals surface area contributed by atoms with Crippen LogP contribution in [0.25, 0.3) is 11.3 Å². The number of nitrogens with one attached hydrogen (secondary N) is 2. The van der Waals surface area contributed by atoms with Gasteiger partial charge >= 0.3 is 0 Å². The first-order chi connectivity index (χ1) is 12.7. The van der Waals surface area contributed by atoms with E-state index >= 15 is 0 Å². The van der Waals surface area contributed by atoms with Gasteiger partial charge in [-0.2, -0.15) is 5.10 Å². The highest BCUT2D eigenvalue weighted by Crippen LogP contribution is 2.30. The summed E-state index contributed by atoms with van der Waals surface area (Å²) in [6.45, 7) is 1.26. The number of hydrogen-bond donors (Lipinski definition) is 3. The Labute approximate surface area is 150 Å². The Kier molecular flexibility index (Phi) is 4.37. The van der Waals surface area contributed by atoms with Crippen molar-refractivity contribution in [2.75, 3.05) is 23.3 Å². The van der Waals surface area contributed by atoms with E-state index in [1.807, 2.05) is 41.3 Å². The van der Waals surface area contributed by atoms with Gasteiger partial charge in [-0.3, -0.25) is 9.89 Å². The van der Waals surface area contributed by atoms with Gasteiger partial charge in [-0.25, -0.2) is 4.98 Å². The van der Waals surface area contributed by atoms with Gasteiger partial charge < -0.3 is 15.3 Å². The summed E-state index contributed by atoms with van der Waals surface area (Å²) in [5, 5.41) is 19.6. The zero-order valence-corrected chi connectivity index (χ0v) is 14.1. The number of nitrogens with zero attached hydrogens (tertiary/aromatic N) is 3. The number of anilines is 2. The number of aliphatic hydroxyl groups is 1. The average molecular weight is 349 g/mol. The average Bonchev–Trinajstić information content (AvgIpc) is 3.34. The van der Waals surface area contributed by atoms with Crippen LogP contribution in [0.5, 0.6) is 0 Å². The number of pyridine rings is 1. The molecule has 1 aliphatic heterocycles. The molecule has 4 rings (SSSR count). The minimum Gasteiger partial charge on any atom is -0.391 e. The number of carbonyl (C=O) groups is 1. The van der Waals surface area contributed by atoms with Crippen molar-refractivity contribution in [1.29, 1.82) is 0 Å². The van der Waals surface area contributed by atoms with Crippen molar-refractivity contribution in [3.63, 3.8) is 0 Å². The molecule has 1 saturated heterocycles. The van der Waals surface area contributed by atoms with E-state index in [4.69, 9.17) is 0 Å². The van der Waals surface area contributed by atoms with E-state index in [0.717, 1.165) is 29.3 Å². The highest BCUT2D eigenvalue weighted by Gasteiger charge is 2.25. The molecule has 7 heteroatoms. The van der Waals surface area contributed by atoms with Gasteiger partial charge in [0.2, 0.25) is 0 Å². The highest BCUT2D eigenvalue weighted by atomic mass is 16.3. The van der Waals surface area contributed by atoms with Crippen molar-refractivity contribution >= 4 is 17.4 Å². The number of carbonyl (C=O) groups excluding carboxylic acids is 1. The minimum absolute atomic E-state index is 0.225. The molecule has 1 atom stereocenters. The lowest BCUT2D eigenvalue weighted by atomic mass is 10.1. The molecule has 3 heterocycles. The monoisotopic (exact) mass is 349 g/mol. The van der Waals surface area contributed by atoms with Crippen LogP contribution in [0.4, 0.5) is 11.5 Å².